The van der Waals surface area contributed by atoms with Gasteiger partial charge in [0.15, 0.2) is 0 Å². The molecule has 1 aromatic carbocycles. The average molecular weight is 255 g/mol. The molecule has 1 aliphatic rings. The standard InChI is InChI=1S/C12H17NO3S/c1-16-11-7-9-13(10-8-11)17(14,15)12-5-3-2-4-6-12/h2-6,11H,7-10H2,1H3. The highest BCUT2D eigenvalue weighted by Gasteiger charge is 2.28. The number of hydrogen-bond acceptors (Lipinski definition) is 3. The monoisotopic (exact) mass is 255 g/mol. The Kier molecular flexibility index (Phi) is 3.81. The van der Waals surface area contributed by atoms with E-state index in [0.29, 0.717) is 18.0 Å². The van der Waals surface area contributed by atoms with Gasteiger partial charge in [-0.15, -0.1) is 0 Å². The van der Waals surface area contributed by atoms with Gasteiger partial charge in [-0.25, -0.2) is 8.42 Å². The van der Waals surface area contributed by atoms with Gasteiger partial charge in [0.25, 0.3) is 0 Å². The topological polar surface area (TPSA) is 46.6 Å². The van der Waals surface area contributed by atoms with E-state index in [0.717, 1.165) is 12.8 Å². The van der Waals surface area contributed by atoms with Crippen LogP contribution in [0, 0.1) is 0 Å². The Morgan fingerprint density at radius 3 is 2.29 bits per heavy atom. The summed E-state index contributed by atoms with van der Waals surface area (Å²) in [5.74, 6) is 0. The molecule has 1 fully saturated rings. The number of methoxy groups -OCH3 is 1. The molecular weight excluding hydrogens is 238 g/mol. The van der Waals surface area contributed by atoms with Crippen LogP contribution in [0.2, 0.25) is 0 Å². The molecule has 1 saturated heterocycles. The van der Waals surface area contributed by atoms with E-state index in [1.54, 1.807) is 31.4 Å². The Morgan fingerprint density at radius 2 is 1.76 bits per heavy atom. The van der Waals surface area contributed by atoms with Gasteiger partial charge < -0.3 is 4.74 Å². The van der Waals surface area contributed by atoms with Crippen molar-refractivity contribution in [1.82, 2.24) is 4.31 Å². The lowest BCUT2D eigenvalue weighted by Crippen LogP contribution is -2.40. The van der Waals surface area contributed by atoms with Crippen molar-refractivity contribution in [2.75, 3.05) is 20.2 Å². The molecular formula is C12H17NO3S. The Labute approximate surface area is 102 Å². The Balaban J connectivity index is 2.13. The van der Waals surface area contributed by atoms with Crippen LogP contribution in [0.4, 0.5) is 0 Å². The van der Waals surface area contributed by atoms with Gasteiger partial charge in [0.1, 0.15) is 0 Å². The molecule has 17 heavy (non-hydrogen) atoms. The maximum Gasteiger partial charge on any atom is 0.243 e. The van der Waals surface area contributed by atoms with Crippen molar-refractivity contribution in [2.45, 2.75) is 23.8 Å². The SMILES string of the molecule is COC1CCN(S(=O)(=O)c2ccccc2)CC1. The molecule has 1 heterocycles. The molecule has 0 bridgehead atoms. The van der Waals surface area contributed by atoms with Gasteiger partial charge in [0, 0.05) is 20.2 Å². The number of nitrogens with zero attached hydrogens (tertiary/aromatic N) is 1. The molecule has 0 aromatic heterocycles. The zero-order valence-corrected chi connectivity index (χ0v) is 10.7. The van der Waals surface area contributed by atoms with Crippen molar-refractivity contribution >= 4 is 10.0 Å². The van der Waals surface area contributed by atoms with E-state index < -0.39 is 10.0 Å². The molecule has 0 aliphatic carbocycles. The number of rotatable bonds is 3. The zero-order valence-electron chi connectivity index (χ0n) is 9.87. The summed E-state index contributed by atoms with van der Waals surface area (Å²) in [7, 11) is -1.64. The predicted molar refractivity (Wildman–Crippen MR) is 65.2 cm³/mol. The molecule has 1 aliphatic heterocycles. The Bertz CT molecular complexity index is 450. The summed E-state index contributed by atoms with van der Waals surface area (Å²) in [5.41, 5.74) is 0. The largest absolute Gasteiger partial charge is 0.381 e. The lowest BCUT2D eigenvalue weighted by molar-refractivity contribution is 0.0604. The Hall–Kier alpha value is -0.910. The second kappa shape index (κ2) is 5.16. The fourth-order valence-electron chi connectivity index (χ4n) is 2.05. The Morgan fingerprint density at radius 1 is 1.18 bits per heavy atom. The summed E-state index contributed by atoms with van der Waals surface area (Å²) >= 11 is 0. The lowest BCUT2D eigenvalue weighted by atomic mass is 10.1. The maximum atomic E-state index is 12.3. The smallest absolute Gasteiger partial charge is 0.243 e. The van der Waals surface area contributed by atoms with Gasteiger partial charge in [-0.2, -0.15) is 4.31 Å². The highest BCUT2D eigenvalue weighted by Crippen LogP contribution is 2.21. The molecule has 4 nitrogen and oxygen atoms in total. The first-order valence-electron chi connectivity index (χ1n) is 5.72. The predicted octanol–water partition coefficient (Wildman–Crippen LogP) is 1.49. The van der Waals surface area contributed by atoms with Gasteiger partial charge in [-0.05, 0) is 25.0 Å². The summed E-state index contributed by atoms with van der Waals surface area (Å²) in [4.78, 5) is 0.371. The number of hydrogen-bond donors (Lipinski definition) is 0. The molecule has 94 valence electrons. The number of piperidine rings is 1. The van der Waals surface area contributed by atoms with Gasteiger partial charge in [0.05, 0.1) is 11.0 Å². The highest BCUT2D eigenvalue weighted by molar-refractivity contribution is 7.89. The van der Waals surface area contributed by atoms with Crippen LogP contribution in [-0.4, -0.2) is 39.0 Å². The first-order valence-corrected chi connectivity index (χ1v) is 7.16. The minimum atomic E-state index is -3.32. The fourth-order valence-corrected chi connectivity index (χ4v) is 3.54. The first kappa shape index (κ1) is 12.5. The summed E-state index contributed by atoms with van der Waals surface area (Å²) in [6, 6.07) is 8.58. The van der Waals surface area contributed by atoms with Crippen LogP contribution in [0.15, 0.2) is 35.2 Å². The number of sulfonamides is 1. The van der Waals surface area contributed by atoms with Crippen LogP contribution in [0.1, 0.15) is 12.8 Å². The molecule has 0 spiro atoms. The van der Waals surface area contributed by atoms with Crippen LogP contribution >= 0.6 is 0 Å². The molecule has 2 rings (SSSR count). The van der Waals surface area contributed by atoms with Crippen molar-refractivity contribution in [3.63, 3.8) is 0 Å². The van der Waals surface area contributed by atoms with Gasteiger partial charge in [-0.3, -0.25) is 0 Å². The third-order valence-electron chi connectivity index (χ3n) is 3.12. The lowest BCUT2D eigenvalue weighted by Gasteiger charge is -2.30. The first-order chi connectivity index (χ1) is 8.14. The molecule has 5 heteroatoms. The van der Waals surface area contributed by atoms with E-state index in [2.05, 4.69) is 0 Å². The van der Waals surface area contributed by atoms with E-state index in [4.69, 9.17) is 4.74 Å². The van der Waals surface area contributed by atoms with Crippen LogP contribution in [0.3, 0.4) is 0 Å². The summed E-state index contributed by atoms with van der Waals surface area (Å²) in [6.45, 7) is 1.07. The third kappa shape index (κ3) is 2.68. The molecule has 0 saturated carbocycles. The average Bonchev–Trinajstić information content (AvgIpc) is 2.40. The van der Waals surface area contributed by atoms with Crippen molar-refractivity contribution in [2.24, 2.45) is 0 Å². The van der Waals surface area contributed by atoms with Crippen LogP contribution in [0.5, 0.6) is 0 Å². The second-order valence-electron chi connectivity index (χ2n) is 4.15. The summed E-state index contributed by atoms with van der Waals surface area (Å²) < 4.78 is 31.3. The maximum absolute atomic E-state index is 12.3. The molecule has 0 atom stereocenters. The minimum Gasteiger partial charge on any atom is -0.381 e. The van der Waals surface area contributed by atoms with Crippen molar-refractivity contribution in [3.8, 4) is 0 Å². The van der Waals surface area contributed by atoms with Crippen LogP contribution in [0.25, 0.3) is 0 Å². The highest BCUT2D eigenvalue weighted by atomic mass is 32.2. The molecule has 1 aromatic rings. The van der Waals surface area contributed by atoms with Crippen LogP contribution in [-0.2, 0) is 14.8 Å². The normalized spacial score (nSPS) is 19.4. The third-order valence-corrected chi connectivity index (χ3v) is 5.03. The van der Waals surface area contributed by atoms with E-state index >= 15 is 0 Å². The molecule has 0 radical (unpaired) electrons. The number of ether oxygens (including phenoxy) is 1. The zero-order chi connectivity index (χ0) is 12.3. The minimum absolute atomic E-state index is 0.192. The van der Waals surface area contributed by atoms with Crippen molar-refractivity contribution in [1.29, 1.82) is 0 Å². The van der Waals surface area contributed by atoms with Crippen LogP contribution < -0.4 is 0 Å². The second-order valence-corrected chi connectivity index (χ2v) is 6.09. The molecule has 0 N–H and O–H groups in total. The number of benzene rings is 1. The summed E-state index contributed by atoms with van der Waals surface area (Å²) in [5, 5.41) is 0. The quantitative estimate of drug-likeness (QED) is 0.822. The van der Waals surface area contributed by atoms with E-state index in [9.17, 15) is 8.42 Å². The van der Waals surface area contributed by atoms with E-state index in [-0.39, 0.29) is 6.10 Å². The van der Waals surface area contributed by atoms with Crippen molar-refractivity contribution < 1.29 is 13.2 Å². The fraction of sp³-hybridized carbons (Fsp3) is 0.500. The van der Waals surface area contributed by atoms with Gasteiger partial charge in [-0.1, -0.05) is 18.2 Å². The molecule has 0 unspecified atom stereocenters. The summed E-state index contributed by atoms with van der Waals surface area (Å²) in [6.07, 6.45) is 1.72. The van der Waals surface area contributed by atoms with Crippen molar-refractivity contribution in [3.05, 3.63) is 30.3 Å². The molecule has 0 amide bonds. The van der Waals surface area contributed by atoms with Gasteiger partial charge in [0.2, 0.25) is 10.0 Å². The van der Waals surface area contributed by atoms with E-state index in [1.165, 1.54) is 4.31 Å². The van der Waals surface area contributed by atoms with E-state index in [1.807, 2.05) is 6.07 Å². The van der Waals surface area contributed by atoms with Gasteiger partial charge >= 0.3 is 0 Å².